The Labute approximate surface area is 105 Å². The molecule has 1 aromatic carbocycles. The van der Waals surface area contributed by atoms with Gasteiger partial charge in [0.1, 0.15) is 0 Å². The van der Waals surface area contributed by atoms with E-state index in [4.69, 9.17) is 23.2 Å². The van der Waals surface area contributed by atoms with Gasteiger partial charge in [-0.15, -0.1) is 12.4 Å². The molecule has 1 aromatic rings. The van der Waals surface area contributed by atoms with E-state index in [-0.39, 0.29) is 12.4 Å². The van der Waals surface area contributed by atoms with E-state index in [9.17, 15) is 5.11 Å². The number of halogens is 3. The molecule has 0 unspecified atom stereocenters. The Morgan fingerprint density at radius 3 is 2.40 bits per heavy atom. The van der Waals surface area contributed by atoms with Gasteiger partial charge in [0.15, 0.2) is 0 Å². The minimum absolute atomic E-state index is 0. The van der Waals surface area contributed by atoms with Gasteiger partial charge in [-0.2, -0.15) is 0 Å². The molecule has 1 aliphatic rings. The first kappa shape index (κ1) is 13.1. The average Bonchev–Trinajstić information content (AvgIpc) is 2.06. The quantitative estimate of drug-likeness (QED) is 0.864. The molecule has 15 heavy (non-hydrogen) atoms. The van der Waals surface area contributed by atoms with Crippen LogP contribution >= 0.6 is 35.6 Å². The van der Waals surface area contributed by atoms with Crippen LogP contribution in [-0.2, 0) is 0 Å². The zero-order valence-corrected chi connectivity index (χ0v) is 10.2. The van der Waals surface area contributed by atoms with Crippen molar-refractivity contribution in [2.75, 3.05) is 13.1 Å². The van der Waals surface area contributed by atoms with Crippen LogP contribution < -0.4 is 5.32 Å². The minimum Gasteiger partial charge on any atom is -0.388 e. The fraction of sp³-hybridized carbons (Fsp3) is 0.400. The molecule has 0 amide bonds. The Kier molecular flexibility index (Phi) is 4.68. The number of hydrogen-bond acceptors (Lipinski definition) is 2. The van der Waals surface area contributed by atoms with Crippen molar-refractivity contribution in [2.45, 2.75) is 6.10 Å². The number of aliphatic hydroxyl groups excluding tert-OH is 1. The third-order valence-corrected chi connectivity index (χ3v) is 3.28. The summed E-state index contributed by atoms with van der Waals surface area (Å²) in [5.74, 6) is 0.298. The average molecular weight is 269 g/mol. The Bertz CT molecular complexity index is 341. The molecule has 1 fully saturated rings. The summed E-state index contributed by atoms with van der Waals surface area (Å²) in [4.78, 5) is 0. The second-order valence-corrected chi connectivity index (χ2v) is 4.35. The molecule has 0 radical (unpaired) electrons. The second-order valence-electron chi connectivity index (χ2n) is 3.54. The molecule has 5 heteroatoms. The van der Waals surface area contributed by atoms with E-state index in [1.54, 1.807) is 12.1 Å². The monoisotopic (exact) mass is 267 g/mol. The van der Waals surface area contributed by atoms with Gasteiger partial charge in [0, 0.05) is 19.0 Å². The lowest BCUT2D eigenvalue weighted by atomic mass is 9.91. The van der Waals surface area contributed by atoms with Crippen molar-refractivity contribution in [3.05, 3.63) is 33.8 Å². The summed E-state index contributed by atoms with van der Waals surface area (Å²) in [6, 6.07) is 5.26. The lowest BCUT2D eigenvalue weighted by Crippen LogP contribution is -2.45. The van der Waals surface area contributed by atoms with E-state index in [1.165, 1.54) is 0 Å². The van der Waals surface area contributed by atoms with Crippen LogP contribution in [0, 0.1) is 5.92 Å². The molecule has 0 aliphatic carbocycles. The topological polar surface area (TPSA) is 32.3 Å². The molecule has 1 saturated heterocycles. The van der Waals surface area contributed by atoms with Gasteiger partial charge in [0.2, 0.25) is 0 Å². The summed E-state index contributed by atoms with van der Waals surface area (Å²) >= 11 is 11.7. The smallest absolute Gasteiger partial charge is 0.0843 e. The van der Waals surface area contributed by atoms with Gasteiger partial charge in [0.25, 0.3) is 0 Å². The third-order valence-electron chi connectivity index (χ3n) is 2.54. The van der Waals surface area contributed by atoms with Crippen molar-refractivity contribution in [1.82, 2.24) is 5.32 Å². The lowest BCUT2D eigenvalue weighted by Gasteiger charge is -2.31. The van der Waals surface area contributed by atoms with Crippen LogP contribution in [0.5, 0.6) is 0 Å². The fourth-order valence-electron chi connectivity index (χ4n) is 1.50. The summed E-state index contributed by atoms with van der Waals surface area (Å²) in [5.41, 5.74) is 0.839. The van der Waals surface area contributed by atoms with Gasteiger partial charge >= 0.3 is 0 Å². The first-order chi connectivity index (χ1) is 6.68. The molecule has 0 bridgehead atoms. The molecule has 2 nitrogen and oxygen atoms in total. The number of benzene rings is 1. The first-order valence-corrected chi connectivity index (χ1v) is 5.28. The summed E-state index contributed by atoms with van der Waals surface area (Å²) in [7, 11) is 0. The normalized spacial score (nSPS) is 17.8. The van der Waals surface area contributed by atoms with Gasteiger partial charge in [0.05, 0.1) is 16.1 Å². The van der Waals surface area contributed by atoms with Gasteiger partial charge in [-0.3, -0.25) is 0 Å². The molecule has 0 aromatic heterocycles. The Hall–Kier alpha value is 0.01000. The summed E-state index contributed by atoms with van der Waals surface area (Å²) in [5, 5.41) is 14.1. The predicted octanol–water partition coefficient (Wildman–Crippen LogP) is 2.67. The number of rotatable bonds is 2. The van der Waals surface area contributed by atoms with Crippen LogP contribution in [-0.4, -0.2) is 18.2 Å². The van der Waals surface area contributed by atoms with Crippen molar-refractivity contribution in [2.24, 2.45) is 5.92 Å². The van der Waals surface area contributed by atoms with Crippen LogP contribution in [0.15, 0.2) is 18.2 Å². The Morgan fingerprint density at radius 1 is 1.27 bits per heavy atom. The molecule has 2 rings (SSSR count). The molecule has 1 heterocycles. The molecule has 0 saturated carbocycles. The summed E-state index contributed by atoms with van der Waals surface area (Å²) in [6.45, 7) is 1.73. The van der Waals surface area contributed by atoms with Crippen LogP contribution in [0.3, 0.4) is 0 Å². The maximum Gasteiger partial charge on any atom is 0.0843 e. The van der Waals surface area contributed by atoms with Crippen LogP contribution in [0.2, 0.25) is 10.0 Å². The van der Waals surface area contributed by atoms with Crippen molar-refractivity contribution in [1.29, 1.82) is 0 Å². The maximum absolute atomic E-state index is 9.91. The first-order valence-electron chi connectivity index (χ1n) is 4.52. The molecule has 84 valence electrons. The highest BCUT2D eigenvalue weighted by Crippen LogP contribution is 2.30. The van der Waals surface area contributed by atoms with E-state index in [0.717, 1.165) is 18.7 Å². The van der Waals surface area contributed by atoms with E-state index < -0.39 is 6.10 Å². The standard InChI is InChI=1S/C10H11Cl2NO.ClH/c11-8-2-1-6(3-9(8)12)10(14)7-4-13-5-7;/h1-3,7,10,13-14H,4-5H2;1H/t10-;/m1./s1. The Balaban J connectivity index is 0.00000112. The van der Waals surface area contributed by atoms with Crippen molar-refractivity contribution >= 4 is 35.6 Å². The molecule has 0 spiro atoms. The van der Waals surface area contributed by atoms with E-state index in [2.05, 4.69) is 5.32 Å². The van der Waals surface area contributed by atoms with E-state index in [1.807, 2.05) is 6.07 Å². The maximum atomic E-state index is 9.91. The third kappa shape index (κ3) is 2.77. The molecule has 2 N–H and O–H groups in total. The van der Waals surface area contributed by atoms with Gasteiger partial charge in [-0.25, -0.2) is 0 Å². The van der Waals surface area contributed by atoms with Gasteiger partial charge < -0.3 is 10.4 Å². The zero-order chi connectivity index (χ0) is 10.1. The Morgan fingerprint density at radius 2 is 1.93 bits per heavy atom. The van der Waals surface area contributed by atoms with Crippen LogP contribution in [0.1, 0.15) is 11.7 Å². The van der Waals surface area contributed by atoms with Crippen molar-refractivity contribution < 1.29 is 5.11 Å². The lowest BCUT2D eigenvalue weighted by molar-refractivity contribution is 0.0767. The van der Waals surface area contributed by atoms with Crippen molar-refractivity contribution in [3.8, 4) is 0 Å². The highest BCUT2D eigenvalue weighted by molar-refractivity contribution is 6.42. The number of nitrogens with one attached hydrogen (secondary N) is 1. The molecule has 1 aliphatic heterocycles. The van der Waals surface area contributed by atoms with Crippen LogP contribution in [0.4, 0.5) is 0 Å². The van der Waals surface area contributed by atoms with E-state index in [0.29, 0.717) is 16.0 Å². The van der Waals surface area contributed by atoms with Crippen molar-refractivity contribution in [3.63, 3.8) is 0 Å². The number of aliphatic hydroxyl groups is 1. The van der Waals surface area contributed by atoms with Gasteiger partial charge in [-0.05, 0) is 17.7 Å². The summed E-state index contributed by atoms with van der Waals surface area (Å²) in [6.07, 6.45) is -0.439. The molecular formula is C10H12Cl3NO. The second kappa shape index (κ2) is 5.37. The summed E-state index contributed by atoms with van der Waals surface area (Å²) < 4.78 is 0. The minimum atomic E-state index is -0.439. The fourth-order valence-corrected chi connectivity index (χ4v) is 1.81. The van der Waals surface area contributed by atoms with E-state index >= 15 is 0 Å². The zero-order valence-electron chi connectivity index (χ0n) is 7.91. The van der Waals surface area contributed by atoms with Gasteiger partial charge in [-0.1, -0.05) is 29.3 Å². The highest BCUT2D eigenvalue weighted by atomic mass is 35.5. The SMILES string of the molecule is Cl.O[C@H](c1ccc(Cl)c(Cl)c1)C1CNC1. The highest BCUT2D eigenvalue weighted by Gasteiger charge is 2.26. The number of hydrogen-bond donors (Lipinski definition) is 2. The predicted molar refractivity (Wildman–Crippen MR) is 65.0 cm³/mol. The largest absolute Gasteiger partial charge is 0.388 e. The van der Waals surface area contributed by atoms with Crippen LogP contribution in [0.25, 0.3) is 0 Å². The molecular weight excluding hydrogens is 256 g/mol. The molecule has 1 atom stereocenters.